The fourth-order valence-electron chi connectivity index (χ4n) is 4.84. The molecule has 2 aromatic rings. The summed E-state index contributed by atoms with van der Waals surface area (Å²) in [4.78, 5) is 37.9. The van der Waals surface area contributed by atoms with E-state index in [1.54, 1.807) is 0 Å². The average molecular weight is 444 g/mol. The second-order valence-electron chi connectivity index (χ2n) is 8.36. The number of carbonyl (C=O) groups excluding carboxylic acids is 3. The number of rotatable bonds is 3. The first kappa shape index (κ1) is 21.4. The van der Waals surface area contributed by atoms with E-state index in [-0.39, 0.29) is 24.7 Å². The fraction of sp³-hybridized carbons (Fsp3) is 0.476. The Hall–Kier alpha value is -2.85. The summed E-state index contributed by atoms with van der Waals surface area (Å²) in [7, 11) is 0. The number of urea groups is 1. The predicted molar refractivity (Wildman–Crippen MR) is 116 cm³/mol. The molecular formula is C21H25N5O4S. The van der Waals surface area contributed by atoms with Crippen LogP contribution in [0.4, 0.5) is 10.5 Å². The molecule has 4 amide bonds. The molecule has 4 atom stereocenters. The number of amides is 4. The lowest BCUT2D eigenvalue weighted by Gasteiger charge is -2.54. The Bertz CT molecular complexity index is 1040. The molecule has 1 aromatic carbocycles. The molecular weight excluding hydrogens is 418 g/mol. The van der Waals surface area contributed by atoms with Crippen molar-refractivity contribution >= 4 is 35.4 Å². The van der Waals surface area contributed by atoms with Crippen LogP contribution >= 0.6 is 11.3 Å². The molecule has 0 saturated carbocycles. The van der Waals surface area contributed by atoms with Gasteiger partial charge in [-0.15, -0.1) is 10.2 Å². The van der Waals surface area contributed by atoms with E-state index in [2.05, 4.69) is 26.5 Å². The highest BCUT2D eigenvalue weighted by molar-refractivity contribution is 7.14. The number of carbonyl (C=O) groups is 3. The van der Waals surface area contributed by atoms with Crippen LogP contribution in [-0.2, 0) is 20.7 Å². The van der Waals surface area contributed by atoms with Gasteiger partial charge in [-0.05, 0) is 57.9 Å². The number of fused-ring (bicyclic) bond motifs is 3. The monoisotopic (exact) mass is 443 g/mol. The van der Waals surface area contributed by atoms with Gasteiger partial charge in [0.15, 0.2) is 0 Å². The van der Waals surface area contributed by atoms with Crippen LogP contribution in [0.15, 0.2) is 18.2 Å². The molecule has 9 nitrogen and oxygen atoms in total. The SMILES string of the molecule is Cc1nnc(-c2ccc3c(c2)CC(C)(C(=O)NC(=O)NC=O)C2C(C)OC(C)CN32)s1. The second-order valence-corrected chi connectivity index (χ2v) is 9.54. The van der Waals surface area contributed by atoms with Gasteiger partial charge in [0.2, 0.25) is 12.3 Å². The lowest BCUT2D eigenvalue weighted by Crippen LogP contribution is -2.67. The standard InChI is InChI=1S/C21H25N5O4S/c1-11-9-26-16-6-5-14(18-25-24-13(3)31-18)7-15(16)8-21(4,17(26)12(2)30-11)19(28)23-20(29)22-10-27/h5-7,10-12,17H,8-9H2,1-4H3,(H2,22,23,27,28,29). The number of aryl methyl sites for hydroxylation is 1. The number of morpholine rings is 1. The Morgan fingerprint density at radius 3 is 2.77 bits per heavy atom. The number of ether oxygens (including phenoxy) is 1. The van der Waals surface area contributed by atoms with Crippen molar-refractivity contribution in [3.05, 3.63) is 28.8 Å². The number of benzene rings is 1. The minimum atomic E-state index is -0.956. The molecule has 0 bridgehead atoms. The molecule has 0 aliphatic carbocycles. The topological polar surface area (TPSA) is 114 Å². The lowest BCUT2D eigenvalue weighted by molar-refractivity contribution is -0.136. The summed E-state index contributed by atoms with van der Waals surface area (Å²) in [6.45, 7) is 8.34. The molecule has 0 radical (unpaired) electrons. The smallest absolute Gasteiger partial charge is 0.327 e. The van der Waals surface area contributed by atoms with E-state index < -0.39 is 17.4 Å². The Labute approximate surface area is 184 Å². The molecule has 1 aromatic heterocycles. The Balaban J connectivity index is 1.76. The van der Waals surface area contributed by atoms with Crippen LogP contribution in [0.3, 0.4) is 0 Å². The highest BCUT2D eigenvalue weighted by atomic mass is 32.1. The summed E-state index contributed by atoms with van der Waals surface area (Å²) < 4.78 is 6.07. The van der Waals surface area contributed by atoms with Crippen molar-refractivity contribution < 1.29 is 19.1 Å². The third-order valence-corrected chi connectivity index (χ3v) is 6.88. The van der Waals surface area contributed by atoms with Crippen molar-refractivity contribution in [2.75, 3.05) is 11.4 Å². The summed E-state index contributed by atoms with van der Waals surface area (Å²) in [5.41, 5.74) is 2.04. The Morgan fingerprint density at radius 2 is 2.10 bits per heavy atom. The molecule has 1 fully saturated rings. The van der Waals surface area contributed by atoms with Crippen LogP contribution < -0.4 is 15.5 Å². The molecule has 2 N–H and O–H groups in total. The number of aromatic nitrogens is 2. The minimum Gasteiger partial charge on any atom is -0.372 e. The van der Waals surface area contributed by atoms with Crippen molar-refractivity contribution in [2.24, 2.45) is 5.41 Å². The van der Waals surface area contributed by atoms with E-state index >= 15 is 0 Å². The van der Waals surface area contributed by atoms with E-state index in [1.807, 2.05) is 45.1 Å². The minimum absolute atomic E-state index is 0.00615. The summed E-state index contributed by atoms with van der Waals surface area (Å²) in [6, 6.07) is 5.04. The van der Waals surface area contributed by atoms with Crippen LogP contribution in [0.25, 0.3) is 10.6 Å². The average Bonchev–Trinajstić information content (AvgIpc) is 3.13. The maximum absolute atomic E-state index is 13.3. The van der Waals surface area contributed by atoms with Gasteiger partial charge in [-0.2, -0.15) is 0 Å². The Morgan fingerprint density at radius 1 is 1.32 bits per heavy atom. The number of anilines is 1. The molecule has 31 heavy (non-hydrogen) atoms. The highest BCUT2D eigenvalue weighted by Crippen LogP contribution is 2.46. The van der Waals surface area contributed by atoms with Gasteiger partial charge < -0.3 is 9.64 Å². The van der Waals surface area contributed by atoms with Gasteiger partial charge >= 0.3 is 6.03 Å². The zero-order valence-corrected chi connectivity index (χ0v) is 18.7. The van der Waals surface area contributed by atoms with Gasteiger partial charge in [-0.3, -0.25) is 20.2 Å². The number of hydrogen-bond donors (Lipinski definition) is 2. The maximum Gasteiger partial charge on any atom is 0.327 e. The summed E-state index contributed by atoms with van der Waals surface area (Å²) >= 11 is 1.51. The highest BCUT2D eigenvalue weighted by Gasteiger charge is 2.53. The second kappa shape index (κ2) is 8.01. The molecule has 164 valence electrons. The van der Waals surface area contributed by atoms with Gasteiger partial charge in [-0.1, -0.05) is 11.3 Å². The number of hydrogen-bond acceptors (Lipinski definition) is 8. The van der Waals surface area contributed by atoms with E-state index in [4.69, 9.17) is 4.74 Å². The predicted octanol–water partition coefficient (Wildman–Crippen LogP) is 2.04. The first-order valence-electron chi connectivity index (χ1n) is 10.1. The fourth-order valence-corrected chi connectivity index (χ4v) is 5.53. The first-order valence-corrected chi connectivity index (χ1v) is 11.0. The largest absolute Gasteiger partial charge is 0.372 e. The molecule has 4 rings (SSSR count). The summed E-state index contributed by atoms with van der Waals surface area (Å²) in [5, 5.41) is 14.3. The molecule has 2 aliphatic heterocycles. The summed E-state index contributed by atoms with van der Waals surface area (Å²) in [5.74, 6) is -0.449. The zero-order valence-electron chi connectivity index (χ0n) is 17.8. The van der Waals surface area contributed by atoms with E-state index in [1.165, 1.54) is 11.3 Å². The third kappa shape index (κ3) is 3.81. The Kier molecular flexibility index (Phi) is 5.52. The van der Waals surface area contributed by atoms with Crippen LogP contribution in [0.2, 0.25) is 0 Å². The molecule has 1 saturated heterocycles. The van der Waals surface area contributed by atoms with Crippen molar-refractivity contribution in [1.29, 1.82) is 0 Å². The van der Waals surface area contributed by atoms with E-state index in [0.717, 1.165) is 26.8 Å². The van der Waals surface area contributed by atoms with Crippen molar-refractivity contribution in [2.45, 2.75) is 52.4 Å². The lowest BCUT2D eigenvalue weighted by atomic mass is 9.69. The zero-order chi connectivity index (χ0) is 22.3. The molecule has 3 heterocycles. The third-order valence-electron chi connectivity index (χ3n) is 5.99. The van der Waals surface area contributed by atoms with Gasteiger partial charge in [0.1, 0.15) is 10.0 Å². The molecule has 2 aliphatic rings. The van der Waals surface area contributed by atoms with E-state index in [9.17, 15) is 14.4 Å². The van der Waals surface area contributed by atoms with Gasteiger partial charge in [0.25, 0.3) is 0 Å². The van der Waals surface area contributed by atoms with Crippen molar-refractivity contribution in [1.82, 2.24) is 20.8 Å². The molecule has 4 unspecified atom stereocenters. The van der Waals surface area contributed by atoms with Crippen LogP contribution in [0.1, 0.15) is 31.3 Å². The van der Waals surface area contributed by atoms with Crippen LogP contribution in [-0.4, -0.2) is 53.3 Å². The van der Waals surface area contributed by atoms with Gasteiger partial charge in [0, 0.05) is 17.8 Å². The van der Waals surface area contributed by atoms with Crippen LogP contribution in [0.5, 0.6) is 0 Å². The first-order chi connectivity index (χ1) is 14.7. The summed E-state index contributed by atoms with van der Waals surface area (Å²) in [6.07, 6.45) is 0.426. The molecule has 10 heteroatoms. The normalized spacial score (nSPS) is 27.1. The number of nitrogens with zero attached hydrogens (tertiary/aromatic N) is 3. The maximum atomic E-state index is 13.3. The number of nitrogens with one attached hydrogen (secondary N) is 2. The van der Waals surface area contributed by atoms with Crippen molar-refractivity contribution in [3.8, 4) is 10.6 Å². The van der Waals surface area contributed by atoms with Crippen molar-refractivity contribution in [3.63, 3.8) is 0 Å². The van der Waals surface area contributed by atoms with E-state index in [0.29, 0.717) is 13.0 Å². The van der Waals surface area contributed by atoms with Gasteiger partial charge in [0.05, 0.1) is 23.7 Å². The quantitative estimate of drug-likeness (QED) is 0.698. The van der Waals surface area contributed by atoms with Crippen LogP contribution in [0, 0.1) is 12.3 Å². The molecule has 0 spiro atoms. The number of imide groups is 2. The van der Waals surface area contributed by atoms with Gasteiger partial charge in [-0.25, -0.2) is 4.79 Å².